The van der Waals surface area contributed by atoms with Crippen LogP contribution < -0.4 is 10.2 Å². The Bertz CT molecular complexity index is 1700. The zero-order valence-electron chi connectivity index (χ0n) is 19.5. The highest BCUT2D eigenvalue weighted by Crippen LogP contribution is 2.37. The number of carbonyl (C=O) groups is 2. The third-order valence-corrected chi connectivity index (χ3v) is 6.51. The van der Waals surface area contributed by atoms with E-state index in [-0.39, 0.29) is 11.4 Å². The number of H-pyrrole nitrogens is 1. The average Bonchev–Trinajstić information content (AvgIpc) is 3.29. The van der Waals surface area contributed by atoms with Crippen LogP contribution in [0.15, 0.2) is 101 Å². The van der Waals surface area contributed by atoms with Gasteiger partial charge in [-0.15, -0.1) is 0 Å². The van der Waals surface area contributed by atoms with Gasteiger partial charge in [0.05, 0.1) is 11.8 Å². The van der Waals surface area contributed by atoms with Gasteiger partial charge < -0.3 is 9.72 Å². The fourth-order valence-electron chi connectivity index (χ4n) is 3.94. The molecule has 1 amide bonds. The van der Waals surface area contributed by atoms with E-state index in [4.69, 9.17) is 16.3 Å². The second-order valence-corrected chi connectivity index (χ2v) is 9.50. The molecule has 38 heavy (non-hydrogen) atoms. The number of halogens is 3. The number of fused-ring (bicyclic) bond motifs is 1. The molecule has 0 saturated carbocycles. The molecule has 0 aliphatic rings. The fraction of sp³-hybridized carbons (Fsp3) is 0. The third-order valence-electron chi connectivity index (χ3n) is 5.68. The van der Waals surface area contributed by atoms with Gasteiger partial charge in [-0.25, -0.2) is 14.6 Å². The number of amides is 1. The summed E-state index contributed by atoms with van der Waals surface area (Å²) in [4.78, 5) is 28.8. The third kappa shape index (κ3) is 5.37. The minimum Gasteiger partial charge on any atom is -0.422 e. The molecule has 0 radical (unpaired) electrons. The average molecular weight is 591 g/mol. The van der Waals surface area contributed by atoms with Crippen molar-refractivity contribution in [3.63, 3.8) is 0 Å². The lowest BCUT2D eigenvalue weighted by atomic mass is 10.0. The molecule has 0 fully saturated rings. The maximum atomic E-state index is 14.1. The largest absolute Gasteiger partial charge is 0.422 e. The lowest BCUT2D eigenvalue weighted by Gasteiger charge is -2.08. The highest BCUT2D eigenvalue weighted by Gasteiger charge is 2.21. The van der Waals surface area contributed by atoms with Crippen LogP contribution in [-0.2, 0) is 0 Å². The number of hydrazone groups is 1. The number of aromatic nitrogens is 1. The first-order valence-corrected chi connectivity index (χ1v) is 12.5. The van der Waals surface area contributed by atoms with Crippen molar-refractivity contribution < 1.29 is 18.7 Å². The van der Waals surface area contributed by atoms with Crippen molar-refractivity contribution >= 4 is 56.5 Å². The topological polar surface area (TPSA) is 83.5 Å². The number of esters is 1. The number of hydrogen-bond donors (Lipinski definition) is 2. The van der Waals surface area contributed by atoms with Crippen molar-refractivity contribution in [3.8, 4) is 16.9 Å². The molecule has 6 nitrogen and oxygen atoms in total. The number of aromatic amines is 1. The molecule has 0 aliphatic heterocycles. The van der Waals surface area contributed by atoms with Crippen LogP contribution in [0.1, 0.15) is 26.4 Å². The van der Waals surface area contributed by atoms with Gasteiger partial charge in [0.1, 0.15) is 17.3 Å². The zero-order valence-corrected chi connectivity index (χ0v) is 21.9. The van der Waals surface area contributed by atoms with Gasteiger partial charge in [0.25, 0.3) is 5.91 Å². The molecule has 0 atom stereocenters. The summed E-state index contributed by atoms with van der Waals surface area (Å²) in [5.74, 6) is -1.27. The predicted octanol–water partition coefficient (Wildman–Crippen LogP) is 7.37. The molecule has 0 spiro atoms. The van der Waals surface area contributed by atoms with E-state index in [9.17, 15) is 14.0 Å². The SMILES string of the molecule is O=C(Oc1ccc(Br)cc1C=NNC(=O)c1[nH]c2ccc(F)cc2c1-c1ccccc1Cl)c1ccccc1. The minimum absolute atomic E-state index is 0.167. The maximum absolute atomic E-state index is 14.1. The molecule has 0 unspecified atom stereocenters. The molecule has 5 rings (SSSR count). The lowest BCUT2D eigenvalue weighted by Crippen LogP contribution is -2.19. The summed E-state index contributed by atoms with van der Waals surface area (Å²) in [6.45, 7) is 0. The molecule has 0 aliphatic carbocycles. The monoisotopic (exact) mass is 589 g/mol. The van der Waals surface area contributed by atoms with E-state index in [0.717, 1.165) is 4.47 Å². The van der Waals surface area contributed by atoms with E-state index in [0.29, 0.717) is 38.2 Å². The number of benzene rings is 4. The van der Waals surface area contributed by atoms with Gasteiger partial charge in [0.15, 0.2) is 0 Å². The molecule has 2 N–H and O–H groups in total. The van der Waals surface area contributed by atoms with Gasteiger partial charge in [-0.1, -0.05) is 63.9 Å². The van der Waals surface area contributed by atoms with Crippen LogP contribution in [-0.4, -0.2) is 23.1 Å². The number of ether oxygens (including phenoxy) is 1. The Morgan fingerprint density at radius 1 is 0.974 bits per heavy atom. The Morgan fingerprint density at radius 3 is 2.53 bits per heavy atom. The Balaban J connectivity index is 1.44. The summed E-state index contributed by atoms with van der Waals surface area (Å²) in [5.41, 5.74) is 5.10. The quantitative estimate of drug-likeness (QED) is 0.0937. The summed E-state index contributed by atoms with van der Waals surface area (Å²) in [7, 11) is 0. The number of carbonyl (C=O) groups excluding carboxylic acids is 2. The van der Waals surface area contributed by atoms with Crippen LogP contribution in [0.5, 0.6) is 5.75 Å². The molecule has 0 bridgehead atoms. The zero-order chi connectivity index (χ0) is 26.6. The normalized spacial score (nSPS) is 11.1. The smallest absolute Gasteiger partial charge is 0.343 e. The van der Waals surface area contributed by atoms with Crippen molar-refractivity contribution in [2.45, 2.75) is 0 Å². The van der Waals surface area contributed by atoms with Crippen LogP contribution in [0.2, 0.25) is 5.02 Å². The fourth-order valence-corrected chi connectivity index (χ4v) is 4.55. The van der Waals surface area contributed by atoms with Crippen LogP contribution in [0.4, 0.5) is 4.39 Å². The van der Waals surface area contributed by atoms with Crippen molar-refractivity contribution in [3.05, 3.63) is 123 Å². The molecule has 1 heterocycles. The van der Waals surface area contributed by atoms with Gasteiger partial charge in [0.2, 0.25) is 0 Å². The minimum atomic E-state index is -0.564. The summed E-state index contributed by atoms with van der Waals surface area (Å²) >= 11 is 9.82. The Hall–Kier alpha value is -4.27. The van der Waals surface area contributed by atoms with E-state index in [1.807, 2.05) is 0 Å². The highest BCUT2D eigenvalue weighted by molar-refractivity contribution is 9.10. The van der Waals surface area contributed by atoms with E-state index in [2.05, 4.69) is 31.4 Å². The van der Waals surface area contributed by atoms with E-state index in [1.54, 1.807) is 78.9 Å². The summed E-state index contributed by atoms with van der Waals surface area (Å²) in [5, 5.41) is 5.00. The van der Waals surface area contributed by atoms with Crippen molar-refractivity contribution in [2.75, 3.05) is 0 Å². The summed E-state index contributed by atoms with van der Waals surface area (Å²) in [6, 6.07) is 24.8. The highest BCUT2D eigenvalue weighted by atomic mass is 79.9. The Kier molecular flexibility index (Phi) is 7.35. The van der Waals surface area contributed by atoms with Gasteiger partial charge in [-0.3, -0.25) is 4.79 Å². The molecule has 4 aromatic carbocycles. The number of rotatable bonds is 6. The van der Waals surface area contributed by atoms with Gasteiger partial charge >= 0.3 is 5.97 Å². The van der Waals surface area contributed by atoms with Gasteiger partial charge in [-0.2, -0.15) is 5.10 Å². The maximum Gasteiger partial charge on any atom is 0.343 e. The number of nitrogens with zero attached hydrogens (tertiary/aromatic N) is 1. The van der Waals surface area contributed by atoms with E-state index < -0.39 is 17.7 Å². The molecular weight excluding hydrogens is 573 g/mol. The van der Waals surface area contributed by atoms with Crippen molar-refractivity contribution in [2.24, 2.45) is 5.10 Å². The molecule has 188 valence electrons. The molecule has 0 saturated heterocycles. The first-order valence-electron chi connectivity index (χ1n) is 11.4. The second kappa shape index (κ2) is 11.0. The lowest BCUT2D eigenvalue weighted by molar-refractivity contribution is 0.0734. The molecule has 1 aromatic heterocycles. The summed E-state index contributed by atoms with van der Waals surface area (Å²) in [6.07, 6.45) is 1.37. The van der Waals surface area contributed by atoms with Crippen LogP contribution >= 0.6 is 27.5 Å². The van der Waals surface area contributed by atoms with Gasteiger partial charge in [0, 0.05) is 37.1 Å². The van der Waals surface area contributed by atoms with Crippen LogP contribution in [0, 0.1) is 5.82 Å². The number of hydrogen-bond acceptors (Lipinski definition) is 4. The molecule has 5 aromatic rings. The standard InChI is InChI=1S/C29H18BrClFN3O3/c30-19-10-13-25(38-29(37)17-6-2-1-3-7-17)18(14-19)16-33-35-28(36)27-26(21-8-4-5-9-23(21)31)22-15-20(32)11-12-24(22)34-27/h1-16,34H,(H,35,36). The predicted molar refractivity (Wildman–Crippen MR) is 149 cm³/mol. The van der Waals surface area contributed by atoms with Crippen LogP contribution in [0.3, 0.4) is 0 Å². The second-order valence-electron chi connectivity index (χ2n) is 8.18. The van der Waals surface area contributed by atoms with Crippen molar-refractivity contribution in [1.29, 1.82) is 0 Å². The summed E-state index contributed by atoms with van der Waals surface area (Å²) < 4.78 is 20.4. The van der Waals surface area contributed by atoms with E-state index >= 15 is 0 Å². The van der Waals surface area contributed by atoms with E-state index in [1.165, 1.54) is 18.3 Å². The Labute approximate surface area is 230 Å². The van der Waals surface area contributed by atoms with Crippen LogP contribution in [0.25, 0.3) is 22.0 Å². The number of nitrogens with one attached hydrogen (secondary N) is 2. The molecule has 9 heteroatoms. The first-order chi connectivity index (χ1) is 18.4. The first kappa shape index (κ1) is 25.4. The van der Waals surface area contributed by atoms with Crippen molar-refractivity contribution in [1.82, 2.24) is 10.4 Å². The Morgan fingerprint density at radius 2 is 1.74 bits per heavy atom. The van der Waals surface area contributed by atoms with Gasteiger partial charge in [-0.05, 0) is 54.6 Å². The molecular formula is C29H18BrClFN3O3.